The van der Waals surface area contributed by atoms with E-state index in [2.05, 4.69) is 11.9 Å². The number of H-pyrrole nitrogens is 1. The third-order valence-corrected chi connectivity index (χ3v) is 5.25. The average Bonchev–Trinajstić information content (AvgIpc) is 2.61. The number of rotatable bonds is 3. The van der Waals surface area contributed by atoms with Crippen LogP contribution >= 0.6 is 12.2 Å². The molecule has 1 aromatic heterocycles. The molecule has 24 heavy (non-hydrogen) atoms. The number of likely N-dealkylation sites (tertiary alicyclic amines) is 1. The first-order valence-corrected chi connectivity index (χ1v) is 9.02. The molecule has 1 fully saturated rings. The Hall–Kier alpha value is -1.95. The molecule has 1 aromatic carbocycles. The molecular formula is C18H23N3O2S. The summed E-state index contributed by atoms with van der Waals surface area (Å²) in [4.78, 5) is 30.2. The Morgan fingerprint density at radius 1 is 1.38 bits per heavy atom. The molecule has 2 aromatic rings. The predicted octanol–water partition coefficient (Wildman–Crippen LogP) is 3.34. The monoisotopic (exact) mass is 345 g/mol. The predicted molar refractivity (Wildman–Crippen MR) is 98.0 cm³/mol. The lowest BCUT2D eigenvalue weighted by atomic mass is 9.95. The van der Waals surface area contributed by atoms with Gasteiger partial charge < -0.3 is 9.88 Å². The Labute approximate surface area is 146 Å². The van der Waals surface area contributed by atoms with Crippen LogP contribution in [0.2, 0.25) is 0 Å². The molecule has 5 nitrogen and oxygen atoms in total. The van der Waals surface area contributed by atoms with E-state index in [1.807, 2.05) is 11.8 Å². The maximum Gasteiger partial charge on any atom is 0.262 e. The molecule has 0 spiro atoms. The number of aromatic amines is 1. The Morgan fingerprint density at radius 3 is 2.88 bits per heavy atom. The summed E-state index contributed by atoms with van der Waals surface area (Å²) < 4.78 is 1.92. The molecule has 0 bridgehead atoms. The fourth-order valence-electron chi connectivity index (χ4n) is 3.44. The van der Waals surface area contributed by atoms with Gasteiger partial charge in [-0.1, -0.05) is 13.3 Å². The summed E-state index contributed by atoms with van der Waals surface area (Å²) in [5.41, 5.74) is 1.13. The van der Waals surface area contributed by atoms with Crippen molar-refractivity contribution in [2.24, 2.45) is 5.92 Å². The molecule has 0 saturated carbocycles. The molecule has 0 unspecified atom stereocenters. The number of carbonyl (C=O) groups is 1. The summed E-state index contributed by atoms with van der Waals surface area (Å²) in [5, 5.41) is 0.562. The van der Waals surface area contributed by atoms with Crippen LogP contribution in [0.1, 0.15) is 43.5 Å². The minimum absolute atomic E-state index is 0.0361. The maximum absolute atomic E-state index is 12.8. The molecular weight excluding hydrogens is 322 g/mol. The number of carbonyl (C=O) groups excluding carboxylic acids is 1. The van der Waals surface area contributed by atoms with Crippen molar-refractivity contribution in [2.75, 3.05) is 13.1 Å². The van der Waals surface area contributed by atoms with E-state index in [0.717, 1.165) is 25.9 Å². The lowest BCUT2D eigenvalue weighted by molar-refractivity contribution is 0.0671. The van der Waals surface area contributed by atoms with Gasteiger partial charge in [-0.15, -0.1) is 0 Å². The fraction of sp³-hybridized carbons (Fsp3) is 0.500. The van der Waals surface area contributed by atoms with E-state index in [1.54, 1.807) is 18.2 Å². The number of amides is 1. The van der Waals surface area contributed by atoms with Crippen LogP contribution in [0.4, 0.5) is 0 Å². The van der Waals surface area contributed by atoms with E-state index in [0.29, 0.717) is 33.7 Å². The van der Waals surface area contributed by atoms with Gasteiger partial charge in [0, 0.05) is 25.2 Å². The van der Waals surface area contributed by atoms with Crippen molar-refractivity contribution < 1.29 is 4.79 Å². The molecule has 1 N–H and O–H groups in total. The molecule has 1 aliphatic rings. The van der Waals surface area contributed by atoms with Crippen LogP contribution in [0.3, 0.4) is 0 Å². The average molecular weight is 345 g/mol. The summed E-state index contributed by atoms with van der Waals surface area (Å²) in [5.74, 6) is 0.625. The van der Waals surface area contributed by atoms with Gasteiger partial charge in [-0.2, -0.15) is 0 Å². The van der Waals surface area contributed by atoms with Crippen LogP contribution in [-0.4, -0.2) is 33.4 Å². The lowest BCUT2D eigenvalue weighted by Crippen LogP contribution is -2.39. The zero-order chi connectivity index (χ0) is 17.3. The summed E-state index contributed by atoms with van der Waals surface area (Å²) >= 11 is 5.24. The van der Waals surface area contributed by atoms with E-state index < -0.39 is 0 Å². The Morgan fingerprint density at radius 2 is 2.17 bits per heavy atom. The molecule has 1 amide bonds. The van der Waals surface area contributed by atoms with Gasteiger partial charge in [0.15, 0.2) is 4.77 Å². The van der Waals surface area contributed by atoms with Crippen molar-refractivity contribution in [3.05, 3.63) is 38.9 Å². The minimum atomic E-state index is -0.112. The second-order valence-electron chi connectivity index (χ2n) is 6.41. The second-order valence-corrected chi connectivity index (χ2v) is 6.79. The number of fused-ring (bicyclic) bond motifs is 1. The fourth-order valence-corrected chi connectivity index (χ4v) is 3.76. The molecule has 1 saturated heterocycles. The van der Waals surface area contributed by atoms with E-state index >= 15 is 0 Å². The van der Waals surface area contributed by atoms with Crippen molar-refractivity contribution in [1.29, 1.82) is 0 Å². The van der Waals surface area contributed by atoms with Crippen molar-refractivity contribution in [3.63, 3.8) is 0 Å². The van der Waals surface area contributed by atoms with E-state index in [1.165, 1.54) is 11.0 Å². The van der Waals surface area contributed by atoms with Gasteiger partial charge in [-0.05, 0) is 56.1 Å². The number of benzene rings is 1. The van der Waals surface area contributed by atoms with E-state index in [-0.39, 0.29) is 11.5 Å². The van der Waals surface area contributed by atoms with Crippen LogP contribution in [0.15, 0.2) is 23.0 Å². The third kappa shape index (κ3) is 3.02. The van der Waals surface area contributed by atoms with Gasteiger partial charge in [0.2, 0.25) is 0 Å². The van der Waals surface area contributed by atoms with Gasteiger partial charge in [0.1, 0.15) is 0 Å². The smallest absolute Gasteiger partial charge is 0.262 e. The SMILES string of the molecule is CC[C@H]1CCCN(C(=O)c2ccc3c(=O)n(CC)c(=S)[nH]c3c2)C1. The molecule has 6 heteroatoms. The highest BCUT2D eigenvalue weighted by Crippen LogP contribution is 2.21. The number of hydrogen-bond donors (Lipinski definition) is 1. The lowest BCUT2D eigenvalue weighted by Gasteiger charge is -2.32. The summed E-state index contributed by atoms with van der Waals surface area (Å²) in [6.07, 6.45) is 3.36. The van der Waals surface area contributed by atoms with Gasteiger partial charge in [0.25, 0.3) is 11.5 Å². The molecule has 2 heterocycles. The number of nitrogens with one attached hydrogen (secondary N) is 1. The van der Waals surface area contributed by atoms with Crippen molar-refractivity contribution in [2.45, 2.75) is 39.7 Å². The van der Waals surface area contributed by atoms with Crippen LogP contribution in [-0.2, 0) is 6.54 Å². The van der Waals surface area contributed by atoms with Crippen LogP contribution in [0.5, 0.6) is 0 Å². The van der Waals surface area contributed by atoms with Crippen molar-refractivity contribution >= 4 is 29.0 Å². The van der Waals surface area contributed by atoms with Crippen LogP contribution < -0.4 is 5.56 Å². The van der Waals surface area contributed by atoms with Crippen molar-refractivity contribution in [3.8, 4) is 0 Å². The highest BCUT2D eigenvalue weighted by atomic mass is 32.1. The largest absolute Gasteiger partial charge is 0.338 e. The molecule has 0 aliphatic carbocycles. The minimum Gasteiger partial charge on any atom is -0.338 e. The maximum atomic E-state index is 12.8. The standard InChI is InChI=1S/C18H23N3O2S/c1-3-12-6-5-9-20(11-12)16(22)13-7-8-14-15(10-13)19-18(24)21(4-2)17(14)23/h7-8,10,12H,3-6,9,11H2,1-2H3,(H,19,24)/t12-/m0/s1. The molecule has 1 aliphatic heterocycles. The van der Waals surface area contributed by atoms with Gasteiger partial charge in [-0.3, -0.25) is 14.2 Å². The first-order chi connectivity index (χ1) is 11.5. The number of hydrogen-bond acceptors (Lipinski definition) is 3. The topological polar surface area (TPSA) is 58.1 Å². The van der Waals surface area contributed by atoms with Gasteiger partial charge in [0.05, 0.1) is 10.9 Å². The normalized spacial score (nSPS) is 18.1. The second kappa shape index (κ2) is 6.89. The molecule has 1 atom stereocenters. The van der Waals surface area contributed by atoms with Gasteiger partial charge in [-0.25, -0.2) is 0 Å². The number of nitrogens with zero attached hydrogens (tertiary/aromatic N) is 2. The highest BCUT2D eigenvalue weighted by molar-refractivity contribution is 7.71. The first-order valence-electron chi connectivity index (χ1n) is 8.61. The Bertz CT molecular complexity index is 884. The van der Waals surface area contributed by atoms with Crippen molar-refractivity contribution in [1.82, 2.24) is 14.5 Å². The van der Waals surface area contributed by atoms with E-state index in [4.69, 9.17) is 12.2 Å². The zero-order valence-electron chi connectivity index (χ0n) is 14.2. The summed E-state index contributed by atoms with van der Waals surface area (Å²) in [6.45, 7) is 6.21. The van der Waals surface area contributed by atoms with E-state index in [9.17, 15) is 9.59 Å². The quantitative estimate of drug-likeness (QED) is 0.868. The van der Waals surface area contributed by atoms with Crippen LogP contribution in [0.25, 0.3) is 10.9 Å². The summed E-state index contributed by atoms with van der Waals surface area (Å²) in [7, 11) is 0. The molecule has 0 radical (unpaired) electrons. The molecule has 128 valence electrons. The number of aromatic nitrogens is 2. The molecule has 3 rings (SSSR count). The first kappa shape index (κ1) is 16.9. The third-order valence-electron chi connectivity index (χ3n) is 4.93. The zero-order valence-corrected chi connectivity index (χ0v) is 15.0. The van der Waals surface area contributed by atoms with Gasteiger partial charge >= 0.3 is 0 Å². The van der Waals surface area contributed by atoms with Crippen LogP contribution in [0, 0.1) is 10.7 Å². The number of piperidine rings is 1. The Kier molecular flexibility index (Phi) is 4.85. The highest BCUT2D eigenvalue weighted by Gasteiger charge is 2.23. The summed E-state index contributed by atoms with van der Waals surface area (Å²) in [6, 6.07) is 5.23. The Balaban J connectivity index is 1.97.